The van der Waals surface area contributed by atoms with Gasteiger partial charge in [0.05, 0.1) is 11.7 Å². The predicted molar refractivity (Wildman–Crippen MR) is 166 cm³/mol. The zero-order valence-electron chi connectivity index (χ0n) is 26.3. The van der Waals surface area contributed by atoms with Gasteiger partial charge in [0.2, 0.25) is 0 Å². The van der Waals surface area contributed by atoms with Gasteiger partial charge in [-0.15, -0.1) is 0 Å². The third-order valence-electron chi connectivity index (χ3n) is 7.46. The van der Waals surface area contributed by atoms with Crippen LogP contribution in [0.2, 0.25) is 0 Å². The molecule has 0 saturated carbocycles. The average molecular weight is 626 g/mol. The maximum Gasteiger partial charge on any atom is 0.342 e. The van der Waals surface area contributed by atoms with Crippen LogP contribution in [0.3, 0.4) is 0 Å². The molecule has 0 aliphatic carbocycles. The summed E-state index contributed by atoms with van der Waals surface area (Å²) in [5.74, 6) is -1.77. The van der Waals surface area contributed by atoms with Gasteiger partial charge in [0.15, 0.2) is 12.6 Å². The lowest BCUT2D eigenvalue weighted by atomic mass is 9.98. The number of benzene rings is 2. The SMILES string of the molecule is COCOc1cc(OCC(O)CN)cc2c1C(=O)O[C@@H](C)[C@H](C)/C=C\C(OC(=O)c1ccccc1)[C@H]1OC(C)(C)O[C@H]1C/C=C/2. The number of aliphatic hydroxyl groups is 1. The normalized spacial score (nSPS) is 26.7. The fraction of sp³-hybridized carbons (Fsp3) is 0.471. The minimum atomic E-state index is -0.940. The van der Waals surface area contributed by atoms with Crippen molar-refractivity contribution in [2.24, 2.45) is 11.7 Å². The highest BCUT2D eigenvalue weighted by molar-refractivity contribution is 5.97. The van der Waals surface area contributed by atoms with E-state index in [-0.39, 0.29) is 37.2 Å². The molecule has 0 aromatic heterocycles. The summed E-state index contributed by atoms with van der Waals surface area (Å²) < 4.78 is 41.1. The van der Waals surface area contributed by atoms with E-state index in [1.54, 1.807) is 55.5 Å². The molecule has 244 valence electrons. The van der Waals surface area contributed by atoms with Crippen molar-refractivity contribution in [3.63, 3.8) is 0 Å². The van der Waals surface area contributed by atoms with E-state index in [9.17, 15) is 14.7 Å². The topological polar surface area (TPSA) is 145 Å². The van der Waals surface area contributed by atoms with Gasteiger partial charge in [-0.1, -0.05) is 43.4 Å². The van der Waals surface area contributed by atoms with Crippen molar-refractivity contribution in [3.05, 3.63) is 77.4 Å². The molecule has 0 amide bonds. The van der Waals surface area contributed by atoms with Crippen molar-refractivity contribution in [1.82, 2.24) is 0 Å². The average Bonchev–Trinajstić information content (AvgIpc) is 3.33. The van der Waals surface area contributed by atoms with Crippen molar-refractivity contribution in [1.29, 1.82) is 0 Å². The van der Waals surface area contributed by atoms with Crippen LogP contribution in [0.4, 0.5) is 0 Å². The van der Waals surface area contributed by atoms with Gasteiger partial charge in [-0.05, 0) is 57.0 Å². The van der Waals surface area contributed by atoms with Crippen LogP contribution in [0.5, 0.6) is 11.5 Å². The van der Waals surface area contributed by atoms with Gasteiger partial charge in [0.25, 0.3) is 0 Å². The molecular weight excluding hydrogens is 582 g/mol. The fourth-order valence-corrected chi connectivity index (χ4v) is 4.95. The molecule has 2 unspecified atom stereocenters. The Kier molecular flexibility index (Phi) is 11.8. The smallest absolute Gasteiger partial charge is 0.342 e. The maximum atomic E-state index is 13.7. The molecule has 2 aromatic rings. The van der Waals surface area contributed by atoms with E-state index in [4.69, 9.17) is 38.9 Å². The molecule has 1 saturated heterocycles. The lowest BCUT2D eigenvalue weighted by Gasteiger charge is -2.26. The minimum absolute atomic E-state index is 0.0251. The summed E-state index contributed by atoms with van der Waals surface area (Å²) in [7, 11) is 1.47. The van der Waals surface area contributed by atoms with E-state index in [1.807, 2.05) is 39.0 Å². The Morgan fingerprint density at radius 1 is 1.11 bits per heavy atom. The third kappa shape index (κ3) is 9.15. The summed E-state index contributed by atoms with van der Waals surface area (Å²) in [6, 6.07) is 11.9. The Balaban J connectivity index is 1.74. The first kappa shape index (κ1) is 34.1. The largest absolute Gasteiger partial charge is 0.491 e. The molecular formula is C34H43NO10. The van der Waals surface area contributed by atoms with Gasteiger partial charge in [0, 0.05) is 25.6 Å². The second-order valence-electron chi connectivity index (χ2n) is 11.5. The third-order valence-corrected chi connectivity index (χ3v) is 7.46. The highest BCUT2D eigenvalue weighted by Crippen LogP contribution is 2.36. The molecule has 1 fully saturated rings. The summed E-state index contributed by atoms with van der Waals surface area (Å²) in [6.07, 6.45) is 4.19. The minimum Gasteiger partial charge on any atom is -0.491 e. The molecule has 11 nitrogen and oxygen atoms in total. The van der Waals surface area contributed by atoms with Crippen molar-refractivity contribution in [2.75, 3.05) is 27.1 Å². The highest BCUT2D eigenvalue weighted by atomic mass is 16.8. The summed E-state index contributed by atoms with van der Waals surface area (Å²) in [4.78, 5) is 26.8. The number of cyclic esters (lactones) is 1. The molecule has 2 aromatic carbocycles. The Bertz CT molecular complexity index is 1360. The van der Waals surface area contributed by atoms with Crippen LogP contribution in [-0.2, 0) is 23.7 Å². The number of esters is 2. The monoisotopic (exact) mass is 625 g/mol. The van der Waals surface area contributed by atoms with E-state index >= 15 is 0 Å². The van der Waals surface area contributed by atoms with Crippen molar-refractivity contribution in [2.45, 2.75) is 70.4 Å². The van der Waals surface area contributed by atoms with Crippen LogP contribution < -0.4 is 15.2 Å². The summed E-state index contributed by atoms with van der Waals surface area (Å²) in [5, 5.41) is 9.94. The highest BCUT2D eigenvalue weighted by Gasteiger charge is 2.45. The van der Waals surface area contributed by atoms with E-state index in [0.29, 0.717) is 23.3 Å². The van der Waals surface area contributed by atoms with Gasteiger partial charge < -0.3 is 44.0 Å². The molecule has 0 bridgehead atoms. The zero-order chi connectivity index (χ0) is 32.6. The van der Waals surface area contributed by atoms with Gasteiger partial charge in [-0.25, -0.2) is 9.59 Å². The number of carbonyl (C=O) groups excluding carboxylic acids is 2. The number of nitrogens with two attached hydrogens (primary N) is 1. The number of hydrogen-bond acceptors (Lipinski definition) is 11. The molecule has 2 heterocycles. The van der Waals surface area contributed by atoms with Crippen LogP contribution in [0.1, 0.15) is 60.4 Å². The van der Waals surface area contributed by atoms with E-state index in [0.717, 1.165) is 0 Å². The number of hydrogen-bond donors (Lipinski definition) is 2. The number of methoxy groups -OCH3 is 1. The van der Waals surface area contributed by atoms with Crippen LogP contribution in [-0.4, -0.2) is 80.4 Å². The van der Waals surface area contributed by atoms with Crippen molar-refractivity contribution >= 4 is 18.0 Å². The quantitative estimate of drug-likeness (QED) is 0.234. The first-order valence-corrected chi connectivity index (χ1v) is 15.0. The molecule has 6 atom stereocenters. The molecule has 0 spiro atoms. The lowest BCUT2D eigenvalue weighted by molar-refractivity contribution is -0.152. The Hall–Kier alpha value is -3.74. The predicted octanol–water partition coefficient (Wildman–Crippen LogP) is 4.27. The zero-order valence-corrected chi connectivity index (χ0v) is 26.3. The first-order chi connectivity index (χ1) is 21.5. The Labute approximate surface area is 263 Å². The molecule has 2 aliphatic heterocycles. The number of ether oxygens (including phenoxy) is 7. The van der Waals surface area contributed by atoms with Crippen molar-refractivity contribution < 1.29 is 47.9 Å². The molecule has 11 heteroatoms. The van der Waals surface area contributed by atoms with Crippen LogP contribution >= 0.6 is 0 Å². The number of carbonyl (C=O) groups is 2. The number of rotatable bonds is 9. The van der Waals surface area contributed by atoms with E-state index < -0.39 is 48.2 Å². The second-order valence-corrected chi connectivity index (χ2v) is 11.5. The Morgan fingerprint density at radius 2 is 1.87 bits per heavy atom. The first-order valence-electron chi connectivity index (χ1n) is 15.0. The summed E-state index contributed by atoms with van der Waals surface area (Å²) in [6.45, 7) is 7.14. The molecule has 45 heavy (non-hydrogen) atoms. The van der Waals surface area contributed by atoms with E-state index in [1.165, 1.54) is 7.11 Å². The van der Waals surface area contributed by atoms with Crippen LogP contribution in [0.15, 0.2) is 60.7 Å². The van der Waals surface area contributed by atoms with Crippen LogP contribution in [0.25, 0.3) is 6.08 Å². The molecule has 2 aliphatic rings. The summed E-state index contributed by atoms with van der Waals surface area (Å²) >= 11 is 0. The molecule has 3 N–H and O–H groups in total. The maximum absolute atomic E-state index is 13.7. The second kappa shape index (κ2) is 15.5. The van der Waals surface area contributed by atoms with Crippen LogP contribution in [0, 0.1) is 5.92 Å². The van der Waals surface area contributed by atoms with Gasteiger partial charge in [-0.2, -0.15) is 0 Å². The van der Waals surface area contributed by atoms with Crippen molar-refractivity contribution in [3.8, 4) is 11.5 Å². The number of aliphatic hydroxyl groups excluding tert-OH is 1. The lowest BCUT2D eigenvalue weighted by Crippen LogP contribution is -2.37. The van der Waals surface area contributed by atoms with Gasteiger partial charge in [-0.3, -0.25) is 0 Å². The van der Waals surface area contributed by atoms with Gasteiger partial charge >= 0.3 is 11.9 Å². The fourth-order valence-electron chi connectivity index (χ4n) is 4.95. The van der Waals surface area contributed by atoms with E-state index in [2.05, 4.69) is 0 Å². The molecule has 4 rings (SSSR count). The molecule has 0 radical (unpaired) electrons. The standard InChI is InChI=1S/C34H43NO10/c1-21-14-15-27(43-32(37)23-10-7-6-8-11-23)31-28(44-34(3,4)45-31)13-9-12-24-16-26(40-19-25(36)18-35)17-29(41-20-39-5)30(24)33(38)42-22(21)2/h6-12,14-17,21-22,25,27-28,31,36H,13,18-20,35H2,1-5H3/b12-9+,15-14-/t21-,22+,25?,27?,28+,31-/m1/s1. The Morgan fingerprint density at radius 3 is 2.58 bits per heavy atom. The van der Waals surface area contributed by atoms with Gasteiger partial charge in [0.1, 0.15) is 48.1 Å². The summed E-state index contributed by atoms with van der Waals surface area (Å²) in [5.41, 5.74) is 6.59. The number of fused-ring (bicyclic) bond motifs is 2.